The number of benzene rings is 1. The minimum absolute atomic E-state index is 0.184. The van der Waals surface area contributed by atoms with Gasteiger partial charge in [0.05, 0.1) is 15.7 Å². The molecule has 0 fully saturated rings. The predicted octanol–water partition coefficient (Wildman–Crippen LogP) is 3.40. The summed E-state index contributed by atoms with van der Waals surface area (Å²) in [5.41, 5.74) is 0.691. The highest BCUT2D eigenvalue weighted by Crippen LogP contribution is 2.32. The van der Waals surface area contributed by atoms with Crippen molar-refractivity contribution in [1.82, 2.24) is 9.97 Å². The molecule has 17 heavy (non-hydrogen) atoms. The molecule has 4 nitrogen and oxygen atoms in total. The Morgan fingerprint density at radius 3 is 2.41 bits per heavy atom. The Morgan fingerprint density at radius 2 is 1.76 bits per heavy atom. The molecule has 2 aromatic rings. The summed E-state index contributed by atoms with van der Waals surface area (Å²) in [4.78, 5) is 7.89. The molecule has 0 saturated heterocycles. The van der Waals surface area contributed by atoms with Crippen LogP contribution in [0.5, 0.6) is 0 Å². The van der Waals surface area contributed by atoms with Crippen molar-refractivity contribution in [1.29, 1.82) is 5.26 Å². The van der Waals surface area contributed by atoms with E-state index in [1.807, 2.05) is 6.07 Å². The minimum atomic E-state index is 0.184. The maximum Gasteiger partial charge on any atom is 0.183 e. The van der Waals surface area contributed by atoms with Crippen LogP contribution in [-0.4, -0.2) is 9.97 Å². The molecule has 0 saturated carbocycles. The van der Waals surface area contributed by atoms with Crippen LogP contribution in [0.3, 0.4) is 0 Å². The molecule has 6 heteroatoms. The summed E-state index contributed by atoms with van der Waals surface area (Å²) < 4.78 is 0. The first-order chi connectivity index (χ1) is 8.22. The normalized spacial score (nSPS) is 9.71. The first-order valence-electron chi connectivity index (χ1n) is 4.64. The lowest BCUT2D eigenvalue weighted by molar-refractivity contribution is 1.16. The standard InChI is InChI=1S/C11H6Cl2N4/c12-7-2-1-3-8(13)10(7)17-11-9(6-14)15-4-5-16-11/h1-5H,(H,16,17). The van der Waals surface area contributed by atoms with Crippen LogP contribution in [0.2, 0.25) is 10.0 Å². The van der Waals surface area contributed by atoms with Crippen LogP contribution in [0.1, 0.15) is 5.69 Å². The number of hydrogen-bond acceptors (Lipinski definition) is 4. The van der Waals surface area contributed by atoms with Gasteiger partial charge in [0.25, 0.3) is 0 Å². The fraction of sp³-hybridized carbons (Fsp3) is 0. The van der Waals surface area contributed by atoms with Gasteiger partial charge in [-0.3, -0.25) is 0 Å². The van der Waals surface area contributed by atoms with E-state index in [0.29, 0.717) is 21.6 Å². The zero-order chi connectivity index (χ0) is 12.3. The number of halogens is 2. The Bertz CT molecular complexity index is 572. The molecule has 1 N–H and O–H groups in total. The maximum atomic E-state index is 8.88. The Hall–Kier alpha value is -1.83. The van der Waals surface area contributed by atoms with Gasteiger partial charge in [-0.2, -0.15) is 5.26 Å². The molecule has 0 unspecified atom stereocenters. The van der Waals surface area contributed by atoms with Gasteiger partial charge in [-0.25, -0.2) is 9.97 Å². The van der Waals surface area contributed by atoms with E-state index in [1.165, 1.54) is 12.4 Å². The lowest BCUT2D eigenvalue weighted by atomic mass is 10.3. The van der Waals surface area contributed by atoms with E-state index in [-0.39, 0.29) is 5.69 Å². The molecule has 0 aliphatic heterocycles. The van der Waals surface area contributed by atoms with Crippen molar-refractivity contribution in [2.75, 3.05) is 5.32 Å². The first-order valence-corrected chi connectivity index (χ1v) is 5.40. The lowest BCUT2D eigenvalue weighted by Gasteiger charge is -2.09. The first kappa shape index (κ1) is 11.6. The van der Waals surface area contributed by atoms with E-state index < -0.39 is 0 Å². The van der Waals surface area contributed by atoms with Gasteiger partial charge in [-0.1, -0.05) is 29.3 Å². The largest absolute Gasteiger partial charge is 0.335 e. The van der Waals surface area contributed by atoms with Gasteiger partial charge < -0.3 is 5.32 Å². The van der Waals surface area contributed by atoms with Crippen LogP contribution in [0, 0.1) is 11.3 Å². The van der Waals surface area contributed by atoms with Crippen LogP contribution in [0.15, 0.2) is 30.6 Å². The van der Waals surface area contributed by atoms with Crippen LogP contribution in [0.4, 0.5) is 11.5 Å². The van der Waals surface area contributed by atoms with Crippen molar-refractivity contribution in [2.45, 2.75) is 0 Å². The Kier molecular flexibility index (Phi) is 3.43. The molecular weight excluding hydrogens is 259 g/mol. The topological polar surface area (TPSA) is 61.6 Å². The second-order valence-corrected chi connectivity index (χ2v) is 3.90. The molecule has 1 heterocycles. The molecule has 0 bridgehead atoms. The summed E-state index contributed by atoms with van der Waals surface area (Å²) in [6.07, 6.45) is 2.92. The number of para-hydroxylation sites is 1. The van der Waals surface area contributed by atoms with Gasteiger partial charge in [-0.15, -0.1) is 0 Å². The molecule has 1 aromatic heterocycles. The Balaban J connectivity index is 2.42. The number of anilines is 2. The molecule has 0 radical (unpaired) electrons. The highest BCUT2D eigenvalue weighted by Gasteiger charge is 2.09. The maximum absolute atomic E-state index is 8.88. The number of nitriles is 1. The van der Waals surface area contributed by atoms with Crippen LogP contribution < -0.4 is 5.32 Å². The van der Waals surface area contributed by atoms with Gasteiger partial charge in [0.2, 0.25) is 0 Å². The zero-order valence-electron chi connectivity index (χ0n) is 8.48. The Morgan fingerprint density at radius 1 is 1.12 bits per heavy atom. The van der Waals surface area contributed by atoms with Gasteiger partial charge in [0.1, 0.15) is 6.07 Å². The van der Waals surface area contributed by atoms with E-state index in [2.05, 4.69) is 15.3 Å². The van der Waals surface area contributed by atoms with Gasteiger partial charge in [0, 0.05) is 12.4 Å². The van der Waals surface area contributed by atoms with Crippen molar-refractivity contribution < 1.29 is 0 Å². The summed E-state index contributed by atoms with van der Waals surface area (Å²) in [7, 11) is 0. The second kappa shape index (κ2) is 5.00. The van der Waals surface area contributed by atoms with E-state index >= 15 is 0 Å². The van der Waals surface area contributed by atoms with E-state index in [1.54, 1.807) is 18.2 Å². The molecule has 0 amide bonds. The quantitative estimate of drug-likeness (QED) is 0.903. The SMILES string of the molecule is N#Cc1nccnc1Nc1c(Cl)cccc1Cl. The summed E-state index contributed by atoms with van der Waals surface area (Å²) in [5, 5.41) is 12.7. The lowest BCUT2D eigenvalue weighted by Crippen LogP contribution is -1.99. The average molecular weight is 265 g/mol. The molecule has 2 rings (SSSR count). The molecule has 84 valence electrons. The van der Waals surface area contributed by atoms with Gasteiger partial charge in [0.15, 0.2) is 11.5 Å². The third kappa shape index (κ3) is 2.47. The van der Waals surface area contributed by atoms with Crippen LogP contribution in [0.25, 0.3) is 0 Å². The molecule has 0 atom stereocenters. The molecular formula is C11H6Cl2N4. The van der Waals surface area contributed by atoms with Crippen molar-refractivity contribution in [3.05, 3.63) is 46.3 Å². The predicted molar refractivity (Wildman–Crippen MR) is 66.5 cm³/mol. The van der Waals surface area contributed by atoms with Crippen molar-refractivity contribution >= 4 is 34.7 Å². The summed E-state index contributed by atoms with van der Waals surface area (Å²) >= 11 is 12.0. The van der Waals surface area contributed by atoms with Crippen molar-refractivity contribution in [2.24, 2.45) is 0 Å². The fourth-order valence-electron chi connectivity index (χ4n) is 1.25. The molecule has 1 aromatic carbocycles. The molecule has 0 spiro atoms. The smallest absolute Gasteiger partial charge is 0.183 e. The average Bonchev–Trinajstić information content (AvgIpc) is 2.34. The number of nitrogens with one attached hydrogen (secondary N) is 1. The van der Waals surface area contributed by atoms with Gasteiger partial charge >= 0.3 is 0 Å². The monoisotopic (exact) mass is 264 g/mol. The minimum Gasteiger partial charge on any atom is -0.335 e. The van der Waals surface area contributed by atoms with Crippen molar-refractivity contribution in [3.8, 4) is 6.07 Å². The van der Waals surface area contributed by atoms with E-state index in [0.717, 1.165) is 0 Å². The molecule has 0 aliphatic rings. The van der Waals surface area contributed by atoms with Crippen LogP contribution >= 0.6 is 23.2 Å². The van der Waals surface area contributed by atoms with E-state index in [4.69, 9.17) is 28.5 Å². The third-order valence-electron chi connectivity index (χ3n) is 2.01. The fourth-order valence-corrected chi connectivity index (χ4v) is 1.74. The highest BCUT2D eigenvalue weighted by atomic mass is 35.5. The number of hydrogen-bond donors (Lipinski definition) is 1. The van der Waals surface area contributed by atoms with Crippen molar-refractivity contribution in [3.63, 3.8) is 0 Å². The second-order valence-electron chi connectivity index (χ2n) is 3.09. The third-order valence-corrected chi connectivity index (χ3v) is 2.64. The summed E-state index contributed by atoms with van der Waals surface area (Å²) in [6, 6.07) is 7.05. The summed E-state index contributed by atoms with van der Waals surface area (Å²) in [6.45, 7) is 0. The van der Waals surface area contributed by atoms with E-state index in [9.17, 15) is 0 Å². The zero-order valence-corrected chi connectivity index (χ0v) is 10.00. The number of aromatic nitrogens is 2. The van der Waals surface area contributed by atoms with Gasteiger partial charge in [-0.05, 0) is 12.1 Å². The number of nitrogens with zero attached hydrogens (tertiary/aromatic N) is 3. The summed E-state index contributed by atoms with van der Waals surface area (Å²) in [5.74, 6) is 0.324. The van der Waals surface area contributed by atoms with Crippen LogP contribution in [-0.2, 0) is 0 Å². The number of rotatable bonds is 2. The highest BCUT2D eigenvalue weighted by molar-refractivity contribution is 6.39. The molecule has 0 aliphatic carbocycles. The Labute approximate surface area is 108 Å².